The van der Waals surface area contributed by atoms with Crippen molar-refractivity contribution in [3.05, 3.63) is 42.5 Å². The van der Waals surface area contributed by atoms with Gasteiger partial charge in [0.05, 0.1) is 6.10 Å². The van der Waals surface area contributed by atoms with Gasteiger partial charge in [0.25, 0.3) is 5.91 Å². The first-order valence-corrected chi connectivity index (χ1v) is 7.50. The van der Waals surface area contributed by atoms with E-state index >= 15 is 0 Å². The van der Waals surface area contributed by atoms with Crippen molar-refractivity contribution in [2.45, 2.75) is 37.8 Å². The van der Waals surface area contributed by atoms with Gasteiger partial charge in [-0.2, -0.15) is 0 Å². The molecule has 0 spiro atoms. The first-order valence-electron chi connectivity index (χ1n) is 7.50. The summed E-state index contributed by atoms with van der Waals surface area (Å²) in [5, 5.41) is 12.2. The number of carbonyl (C=O) groups excluding carboxylic acids is 2. The molecule has 22 heavy (non-hydrogen) atoms. The van der Waals surface area contributed by atoms with E-state index in [1.165, 1.54) is 6.08 Å². The van der Waals surface area contributed by atoms with E-state index in [1.807, 2.05) is 0 Å². The number of benzene rings is 1. The van der Waals surface area contributed by atoms with Gasteiger partial charge in [-0.1, -0.05) is 12.6 Å². The van der Waals surface area contributed by atoms with Gasteiger partial charge in [-0.15, -0.1) is 0 Å². The highest BCUT2D eigenvalue weighted by atomic mass is 16.3. The molecule has 1 aromatic carbocycles. The summed E-state index contributed by atoms with van der Waals surface area (Å²) in [4.78, 5) is 25.6. The van der Waals surface area contributed by atoms with Crippen molar-refractivity contribution in [3.63, 3.8) is 0 Å². The van der Waals surface area contributed by atoms with Crippen LogP contribution in [0, 0.1) is 0 Å². The number of hydrogen-bond donors (Lipinski definition) is 2. The van der Waals surface area contributed by atoms with E-state index in [0.717, 1.165) is 25.7 Å². The van der Waals surface area contributed by atoms with Crippen LogP contribution in [0.3, 0.4) is 0 Å². The summed E-state index contributed by atoms with van der Waals surface area (Å²) < 4.78 is 0. The Hall–Kier alpha value is -2.14. The van der Waals surface area contributed by atoms with Gasteiger partial charge in [-0.3, -0.25) is 9.59 Å². The van der Waals surface area contributed by atoms with Crippen LogP contribution in [0.25, 0.3) is 0 Å². The highest BCUT2D eigenvalue weighted by Crippen LogP contribution is 2.24. The summed E-state index contributed by atoms with van der Waals surface area (Å²) in [5.41, 5.74) is 1.11. The van der Waals surface area contributed by atoms with Crippen LogP contribution < -0.4 is 5.32 Å². The standard InChI is InChI=1S/C17H22N2O3/c1-3-16(21)18-13-6-4-5-12(11-13)17(22)19(2)14-7-9-15(20)10-8-14/h3-6,11,14-15,20H,1,7-10H2,2H3,(H,18,21). The van der Waals surface area contributed by atoms with Gasteiger partial charge in [-0.05, 0) is 50.0 Å². The fraction of sp³-hybridized carbons (Fsp3) is 0.412. The Morgan fingerprint density at radius 3 is 2.64 bits per heavy atom. The van der Waals surface area contributed by atoms with E-state index in [4.69, 9.17) is 0 Å². The first-order chi connectivity index (χ1) is 10.5. The van der Waals surface area contributed by atoms with Crippen LogP contribution in [0.15, 0.2) is 36.9 Å². The quantitative estimate of drug-likeness (QED) is 0.838. The lowest BCUT2D eigenvalue weighted by Crippen LogP contribution is -2.40. The summed E-state index contributed by atoms with van der Waals surface area (Å²) >= 11 is 0. The number of rotatable bonds is 4. The zero-order valence-corrected chi connectivity index (χ0v) is 12.8. The fourth-order valence-corrected chi connectivity index (χ4v) is 2.74. The first kappa shape index (κ1) is 16.2. The van der Waals surface area contributed by atoms with Crippen molar-refractivity contribution in [2.24, 2.45) is 0 Å². The Morgan fingerprint density at radius 1 is 1.32 bits per heavy atom. The molecule has 0 aliphatic heterocycles. The molecular formula is C17H22N2O3. The van der Waals surface area contributed by atoms with E-state index in [2.05, 4.69) is 11.9 Å². The molecule has 5 heteroatoms. The zero-order chi connectivity index (χ0) is 16.1. The maximum absolute atomic E-state index is 12.6. The predicted molar refractivity (Wildman–Crippen MR) is 85.6 cm³/mol. The molecule has 0 atom stereocenters. The number of aliphatic hydroxyl groups is 1. The van der Waals surface area contributed by atoms with Crippen LogP contribution in [0.4, 0.5) is 5.69 Å². The molecule has 2 N–H and O–H groups in total. The van der Waals surface area contributed by atoms with Gasteiger partial charge in [0.2, 0.25) is 5.91 Å². The predicted octanol–water partition coefficient (Wildman–Crippen LogP) is 2.19. The Kier molecular flexibility index (Phi) is 5.33. The van der Waals surface area contributed by atoms with Crippen LogP contribution in [-0.2, 0) is 4.79 Å². The number of aliphatic hydroxyl groups excluding tert-OH is 1. The average molecular weight is 302 g/mol. The number of nitrogens with zero attached hydrogens (tertiary/aromatic N) is 1. The minimum Gasteiger partial charge on any atom is -0.393 e. The van der Waals surface area contributed by atoms with Crippen LogP contribution >= 0.6 is 0 Å². The topological polar surface area (TPSA) is 69.6 Å². The lowest BCUT2D eigenvalue weighted by atomic mass is 9.92. The third-order valence-corrected chi connectivity index (χ3v) is 4.10. The molecule has 118 valence electrons. The third-order valence-electron chi connectivity index (χ3n) is 4.10. The highest BCUT2D eigenvalue weighted by Gasteiger charge is 2.26. The molecule has 1 fully saturated rings. The summed E-state index contributed by atoms with van der Waals surface area (Å²) in [6, 6.07) is 7.03. The molecule has 0 aromatic heterocycles. The fourth-order valence-electron chi connectivity index (χ4n) is 2.74. The molecule has 0 heterocycles. The Labute approximate surface area is 130 Å². The van der Waals surface area contributed by atoms with Gasteiger partial charge in [-0.25, -0.2) is 0 Å². The Balaban J connectivity index is 2.06. The van der Waals surface area contributed by atoms with Crippen molar-refractivity contribution in [1.82, 2.24) is 4.90 Å². The van der Waals surface area contributed by atoms with Crippen LogP contribution in [0.2, 0.25) is 0 Å². The van der Waals surface area contributed by atoms with Crippen LogP contribution in [-0.4, -0.2) is 41.0 Å². The van der Waals surface area contributed by atoms with Crippen LogP contribution in [0.1, 0.15) is 36.0 Å². The van der Waals surface area contributed by atoms with Gasteiger partial charge in [0.1, 0.15) is 0 Å². The maximum Gasteiger partial charge on any atom is 0.253 e. The van der Waals surface area contributed by atoms with Crippen LogP contribution in [0.5, 0.6) is 0 Å². The highest BCUT2D eigenvalue weighted by molar-refractivity contribution is 6.00. The molecule has 0 bridgehead atoms. The normalized spacial score (nSPS) is 21.0. The van der Waals surface area contributed by atoms with E-state index < -0.39 is 0 Å². The van der Waals surface area contributed by atoms with Crippen molar-refractivity contribution in [3.8, 4) is 0 Å². The van der Waals surface area contributed by atoms with Gasteiger partial charge in [0.15, 0.2) is 0 Å². The van der Waals surface area contributed by atoms with E-state index in [9.17, 15) is 14.7 Å². The van der Waals surface area contributed by atoms with Gasteiger partial charge >= 0.3 is 0 Å². The number of hydrogen-bond acceptors (Lipinski definition) is 3. The minimum absolute atomic E-state index is 0.0731. The molecule has 5 nitrogen and oxygen atoms in total. The van der Waals surface area contributed by atoms with E-state index in [0.29, 0.717) is 11.3 Å². The lowest BCUT2D eigenvalue weighted by molar-refractivity contribution is -0.111. The molecule has 1 aromatic rings. The maximum atomic E-state index is 12.6. The summed E-state index contributed by atoms with van der Waals surface area (Å²) in [6.45, 7) is 3.40. The molecule has 1 aliphatic rings. The van der Waals surface area contributed by atoms with E-state index in [-0.39, 0.29) is 24.0 Å². The molecule has 2 rings (SSSR count). The van der Waals surface area contributed by atoms with Crippen molar-refractivity contribution in [1.29, 1.82) is 0 Å². The minimum atomic E-state index is -0.306. The molecular weight excluding hydrogens is 280 g/mol. The van der Waals surface area contributed by atoms with E-state index in [1.54, 1.807) is 36.2 Å². The molecule has 1 saturated carbocycles. The number of nitrogens with one attached hydrogen (secondary N) is 1. The SMILES string of the molecule is C=CC(=O)Nc1cccc(C(=O)N(C)C2CCC(O)CC2)c1. The molecule has 1 aliphatic carbocycles. The largest absolute Gasteiger partial charge is 0.393 e. The average Bonchev–Trinajstić information content (AvgIpc) is 2.54. The number of carbonyl (C=O) groups is 2. The van der Waals surface area contributed by atoms with Gasteiger partial charge in [0, 0.05) is 24.3 Å². The monoisotopic (exact) mass is 302 g/mol. The van der Waals surface area contributed by atoms with Gasteiger partial charge < -0.3 is 15.3 Å². The molecule has 2 amide bonds. The second-order valence-electron chi connectivity index (χ2n) is 5.65. The molecule has 0 radical (unpaired) electrons. The van der Waals surface area contributed by atoms with Crippen molar-refractivity contribution >= 4 is 17.5 Å². The lowest BCUT2D eigenvalue weighted by Gasteiger charge is -2.33. The second-order valence-corrected chi connectivity index (χ2v) is 5.65. The Bertz CT molecular complexity index is 563. The summed E-state index contributed by atoms with van der Waals surface area (Å²) in [5.74, 6) is -0.379. The third kappa shape index (κ3) is 3.95. The molecule has 0 saturated heterocycles. The zero-order valence-electron chi connectivity index (χ0n) is 12.8. The number of amides is 2. The summed E-state index contributed by atoms with van der Waals surface area (Å²) in [7, 11) is 1.79. The number of anilines is 1. The van der Waals surface area contributed by atoms with Crippen molar-refractivity contribution < 1.29 is 14.7 Å². The smallest absolute Gasteiger partial charge is 0.253 e. The second kappa shape index (κ2) is 7.22. The Morgan fingerprint density at radius 2 is 2.00 bits per heavy atom. The van der Waals surface area contributed by atoms with Crippen molar-refractivity contribution in [2.75, 3.05) is 12.4 Å². The molecule has 0 unspecified atom stereocenters. The summed E-state index contributed by atoms with van der Waals surface area (Å²) in [6.07, 6.45) is 4.05.